The Labute approximate surface area is 239 Å². The molecule has 2 unspecified atom stereocenters. The number of ether oxygens (including phenoxy) is 5. The van der Waals surface area contributed by atoms with Crippen molar-refractivity contribution in [3.05, 3.63) is 53.6 Å². The van der Waals surface area contributed by atoms with Crippen LogP contribution in [0.25, 0.3) is 0 Å². The summed E-state index contributed by atoms with van der Waals surface area (Å²) in [7, 11) is 4.63. The molecule has 2 aromatic carbocycles. The molecule has 0 saturated carbocycles. The van der Waals surface area contributed by atoms with Gasteiger partial charge >= 0.3 is 0 Å². The van der Waals surface area contributed by atoms with Crippen molar-refractivity contribution in [2.75, 3.05) is 54.2 Å². The minimum atomic E-state index is -1.02. The average molecular weight is 568 g/mol. The number of benzene rings is 2. The molecule has 2 aromatic rings. The Hall–Kier alpha value is -3.83. The molecule has 3 amide bonds. The van der Waals surface area contributed by atoms with Crippen LogP contribution in [0.1, 0.15) is 46.4 Å². The fourth-order valence-electron chi connectivity index (χ4n) is 5.79. The van der Waals surface area contributed by atoms with Gasteiger partial charge in [-0.15, -0.1) is 0 Å². The molecule has 0 aliphatic carbocycles. The summed E-state index contributed by atoms with van der Waals surface area (Å²) in [6.45, 7) is 1.85. The van der Waals surface area contributed by atoms with E-state index in [2.05, 4.69) is 5.32 Å². The van der Waals surface area contributed by atoms with Crippen LogP contribution in [-0.2, 0) is 14.3 Å². The number of amides is 3. The van der Waals surface area contributed by atoms with Gasteiger partial charge in [-0.3, -0.25) is 19.3 Å². The fraction of sp³-hybridized carbons (Fsp3) is 0.500. The highest BCUT2D eigenvalue weighted by atomic mass is 16.5. The van der Waals surface area contributed by atoms with Crippen LogP contribution in [0.5, 0.6) is 17.2 Å². The molecule has 3 fully saturated rings. The molecular formula is C30H37N3O8. The summed E-state index contributed by atoms with van der Waals surface area (Å²) in [4.78, 5) is 44.0. The van der Waals surface area contributed by atoms with E-state index in [0.29, 0.717) is 67.5 Å². The van der Waals surface area contributed by atoms with Crippen LogP contribution in [0.15, 0.2) is 42.5 Å². The van der Waals surface area contributed by atoms with Gasteiger partial charge in [-0.1, -0.05) is 0 Å². The maximum absolute atomic E-state index is 14.0. The van der Waals surface area contributed by atoms with Crippen molar-refractivity contribution in [1.82, 2.24) is 15.1 Å². The number of hydrogen-bond donors (Lipinski definition) is 1. The molecule has 220 valence electrons. The summed E-state index contributed by atoms with van der Waals surface area (Å²) in [6, 6.07) is 11.1. The SMILES string of the molecule is COc1ccc(C(=O)N2C(C(=O)NCC3CCCO3)COC23CCN(C(=O)c2ccc(OC)c(OC)c2)CC3)cc1. The van der Waals surface area contributed by atoms with Gasteiger partial charge in [0.15, 0.2) is 11.5 Å². The van der Waals surface area contributed by atoms with E-state index in [9.17, 15) is 14.4 Å². The number of nitrogens with zero attached hydrogens (tertiary/aromatic N) is 2. The topological polar surface area (TPSA) is 116 Å². The van der Waals surface area contributed by atoms with E-state index < -0.39 is 11.8 Å². The van der Waals surface area contributed by atoms with E-state index in [1.54, 1.807) is 66.5 Å². The Kier molecular flexibility index (Phi) is 8.65. The Balaban J connectivity index is 1.34. The van der Waals surface area contributed by atoms with E-state index in [4.69, 9.17) is 23.7 Å². The van der Waals surface area contributed by atoms with Crippen molar-refractivity contribution in [2.24, 2.45) is 0 Å². The number of methoxy groups -OCH3 is 3. The number of piperidine rings is 1. The van der Waals surface area contributed by atoms with Gasteiger partial charge in [0.2, 0.25) is 5.91 Å². The van der Waals surface area contributed by atoms with Crippen LogP contribution >= 0.6 is 0 Å². The van der Waals surface area contributed by atoms with Crippen LogP contribution in [0.4, 0.5) is 0 Å². The van der Waals surface area contributed by atoms with E-state index in [0.717, 1.165) is 12.8 Å². The van der Waals surface area contributed by atoms with E-state index >= 15 is 0 Å². The van der Waals surface area contributed by atoms with Gasteiger partial charge in [0.25, 0.3) is 11.8 Å². The van der Waals surface area contributed by atoms with Gasteiger partial charge in [-0.05, 0) is 55.3 Å². The molecule has 3 aliphatic heterocycles. The normalized spacial score (nSPS) is 21.5. The first-order valence-electron chi connectivity index (χ1n) is 13.9. The molecule has 1 N–H and O–H groups in total. The van der Waals surface area contributed by atoms with Crippen molar-refractivity contribution < 1.29 is 38.1 Å². The third kappa shape index (κ3) is 5.82. The quantitative estimate of drug-likeness (QED) is 0.518. The molecule has 0 radical (unpaired) electrons. The zero-order valence-electron chi connectivity index (χ0n) is 23.7. The van der Waals surface area contributed by atoms with Crippen LogP contribution in [0, 0.1) is 0 Å². The second-order valence-electron chi connectivity index (χ2n) is 10.4. The first kappa shape index (κ1) is 28.7. The summed E-state index contributed by atoms with van der Waals surface area (Å²) in [5.74, 6) is 0.904. The van der Waals surface area contributed by atoms with Crippen molar-refractivity contribution in [3.8, 4) is 17.2 Å². The molecule has 0 aromatic heterocycles. The predicted octanol–water partition coefficient (Wildman–Crippen LogP) is 2.48. The van der Waals surface area contributed by atoms with Gasteiger partial charge in [0.05, 0.1) is 34.0 Å². The minimum absolute atomic E-state index is 0.0215. The summed E-state index contributed by atoms with van der Waals surface area (Å²) in [6.07, 6.45) is 2.57. The number of nitrogens with one attached hydrogen (secondary N) is 1. The molecule has 3 saturated heterocycles. The molecule has 11 nitrogen and oxygen atoms in total. The lowest BCUT2D eigenvalue weighted by Gasteiger charge is -2.44. The van der Waals surface area contributed by atoms with Crippen molar-refractivity contribution in [2.45, 2.75) is 43.6 Å². The highest BCUT2D eigenvalue weighted by Gasteiger charge is 2.54. The fourth-order valence-corrected chi connectivity index (χ4v) is 5.79. The molecule has 5 rings (SSSR count). The highest BCUT2D eigenvalue weighted by molar-refractivity contribution is 5.99. The van der Waals surface area contributed by atoms with Gasteiger partial charge in [-0.2, -0.15) is 0 Å². The maximum atomic E-state index is 14.0. The third-order valence-corrected chi connectivity index (χ3v) is 8.11. The van der Waals surface area contributed by atoms with Crippen molar-refractivity contribution in [3.63, 3.8) is 0 Å². The molecular weight excluding hydrogens is 530 g/mol. The molecule has 2 atom stereocenters. The lowest BCUT2D eigenvalue weighted by Crippen LogP contribution is -2.60. The highest BCUT2D eigenvalue weighted by Crippen LogP contribution is 2.39. The Morgan fingerprint density at radius 3 is 2.27 bits per heavy atom. The Morgan fingerprint density at radius 2 is 1.63 bits per heavy atom. The zero-order valence-corrected chi connectivity index (χ0v) is 23.7. The standard InChI is InChI=1S/C30H37N3O8/c1-37-22-9-6-20(7-10-22)29(36)33-24(27(34)31-18-23-5-4-16-40-23)19-41-30(33)12-14-32(15-13-30)28(35)21-8-11-25(38-2)26(17-21)39-3/h6-11,17,23-24H,4-5,12-16,18-19H2,1-3H3,(H,31,34). The zero-order chi connectivity index (χ0) is 29.0. The molecule has 3 heterocycles. The van der Waals surface area contributed by atoms with Crippen molar-refractivity contribution in [1.29, 1.82) is 0 Å². The molecule has 11 heteroatoms. The van der Waals surface area contributed by atoms with Gasteiger partial charge in [0, 0.05) is 50.2 Å². The summed E-state index contributed by atoms with van der Waals surface area (Å²) < 4.78 is 27.8. The van der Waals surface area contributed by atoms with Crippen LogP contribution in [0.2, 0.25) is 0 Å². The first-order chi connectivity index (χ1) is 19.9. The lowest BCUT2D eigenvalue weighted by atomic mass is 9.96. The van der Waals surface area contributed by atoms with E-state index in [-0.39, 0.29) is 30.4 Å². The lowest BCUT2D eigenvalue weighted by molar-refractivity contribution is -0.128. The average Bonchev–Trinajstić information content (AvgIpc) is 3.67. The van der Waals surface area contributed by atoms with Gasteiger partial charge in [-0.25, -0.2) is 0 Å². The van der Waals surface area contributed by atoms with Gasteiger partial charge in [0.1, 0.15) is 17.5 Å². The molecule has 41 heavy (non-hydrogen) atoms. The second kappa shape index (κ2) is 12.4. The number of likely N-dealkylation sites (tertiary alicyclic amines) is 1. The largest absolute Gasteiger partial charge is 0.497 e. The third-order valence-electron chi connectivity index (χ3n) is 8.11. The monoisotopic (exact) mass is 567 g/mol. The Bertz CT molecular complexity index is 1250. The van der Waals surface area contributed by atoms with Gasteiger partial charge < -0.3 is 33.9 Å². The smallest absolute Gasteiger partial charge is 0.256 e. The van der Waals surface area contributed by atoms with E-state index in [1.165, 1.54) is 7.11 Å². The summed E-state index contributed by atoms with van der Waals surface area (Å²) >= 11 is 0. The first-order valence-corrected chi connectivity index (χ1v) is 13.9. The van der Waals surface area contributed by atoms with E-state index in [1.807, 2.05) is 0 Å². The molecule has 3 aliphatic rings. The van der Waals surface area contributed by atoms with Crippen LogP contribution in [0.3, 0.4) is 0 Å². The number of carbonyl (C=O) groups is 3. The molecule has 1 spiro atoms. The van der Waals surface area contributed by atoms with Crippen molar-refractivity contribution >= 4 is 17.7 Å². The number of rotatable bonds is 8. The number of hydrogen-bond acceptors (Lipinski definition) is 8. The molecule has 0 bridgehead atoms. The maximum Gasteiger partial charge on any atom is 0.256 e. The second-order valence-corrected chi connectivity index (χ2v) is 10.4. The van der Waals surface area contributed by atoms with Crippen LogP contribution in [-0.4, -0.2) is 99.6 Å². The summed E-state index contributed by atoms with van der Waals surface area (Å²) in [5.41, 5.74) is -0.114. The number of carbonyl (C=O) groups excluding carboxylic acids is 3. The summed E-state index contributed by atoms with van der Waals surface area (Å²) in [5, 5.41) is 2.97. The predicted molar refractivity (Wildman–Crippen MR) is 148 cm³/mol. The minimum Gasteiger partial charge on any atom is -0.497 e. The Morgan fingerprint density at radius 1 is 0.927 bits per heavy atom. The van der Waals surface area contributed by atoms with Crippen LogP contribution < -0.4 is 19.5 Å².